The van der Waals surface area contributed by atoms with Crippen molar-refractivity contribution in [2.45, 2.75) is 103 Å². The Kier molecular flexibility index (Phi) is 7.11. The molecule has 200 valence electrons. The molecule has 3 aliphatic rings. The Labute approximate surface area is 217 Å². The lowest BCUT2D eigenvalue weighted by Gasteiger charge is -2.34. The largest absolute Gasteiger partial charge is 0.481 e. The molecule has 3 heterocycles. The molecule has 1 aliphatic heterocycles. The van der Waals surface area contributed by atoms with Crippen LogP contribution in [0.15, 0.2) is 12.3 Å². The first-order valence-corrected chi connectivity index (χ1v) is 13.6. The number of amides is 1. The molecule has 37 heavy (non-hydrogen) atoms. The molecule has 0 aromatic carbocycles. The van der Waals surface area contributed by atoms with Crippen LogP contribution in [-0.4, -0.2) is 49.4 Å². The zero-order valence-corrected chi connectivity index (χ0v) is 22.0. The molecule has 4 N–H and O–H groups in total. The number of nitrogens with one attached hydrogen (secondary N) is 3. The number of hydrogen-bond donors (Lipinski definition) is 4. The summed E-state index contributed by atoms with van der Waals surface area (Å²) in [4.78, 5) is 34.3. The highest BCUT2D eigenvalue weighted by molar-refractivity contribution is 5.97. The molecule has 0 unspecified atom stereocenters. The minimum atomic E-state index is -0.697. The number of hydroxylamine groups is 1. The zero-order valence-electron chi connectivity index (χ0n) is 22.0. The van der Waals surface area contributed by atoms with E-state index in [4.69, 9.17) is 14.9 Å². The molecule has 1 spiro atoms. The van der Waals surface area contributed by atoms with Gasteiger partial charge >= 0.3 is 5.97 Å². The third-order valence-corrected chi connectivity index (χ3v) is 8.24. The predicted octanol–water partition coefficient (Wildman–Crippen LogP) is 3.90. The average molecular weight is 511 g/mol. The molecule has 2 fully saturated rings. The van der Waals surface area contributed by atoms with Crippen LogP contribution in [0.3, 0.4) is 0 Å². The van der Waals surface area contributed by atoms with Crippen molar-refractivity contribution in [2.75, 3.05) is 5.32 Å². The molecule has 0 saturated heterocycles. The second-order valence-electron chi connectivity index (χ2n) is 10.7. The van der Waals surface area contributed by atoms with Gasteiger partial charge in [-0.05, 0) is 71.3 Å². The van der Waals surface area contributed by atoms with Crippen LogP contribution in [-0.2, 0) is 21.0 Å². The molecule has 2 saturated carbocycles. The lowest BCUT2D eigenvalue weighted by molar-refractivity contribution is -0.142. The Hall–Kier alpha value is -3.14. The zero-order chi connectivity index (χ0) is 26.2. The summed E-state index contributed by atoms with van der Waals surface area (Å²) in [6.07, 6.45) is 10.9. The molecular weight excluding hydrogens is 472 g/mol. The number of carboxylic acid groups (broad SMARTS) is 1. The monoisotopic (exact) mass is 510 g/mol. The van der Waals surface area contributed by atoms with Gasteiger partial charge in [0.05, 0.1) is 28.4 Å². The van der Waals surface area contributed by atoms with Crippen LogP contribution in [0.2, 0.25) is 0 Å². The first-order chi connectivity index (χ1) is 17.8. The van der Waals surface area contributed by atoms with Gasteiger partial charge in [-0.25, -0.2) is 9.67 Å². The van der Waals surface area contributed by atoms with Crippen LogP contribution in [0.25, 0.3) is 16.7 Å². The summed E-state index contributed by atoms with van der Waals surface area (Å²) < 4.78 is 1.92. The molecule has 0 atom stereocenters. The van der Waals surface area contributed by atoms with Gasteiger partial charge in [0.15, 0.2) is 5.65 Å². The highest BCUT2D eigenvalue weighted by Gasteiger charge is 2.40. The Bertz CT molecular complexity index is 1210. The van der Waals surface area contributed by atoms with E-state index in [-0.39, 0.29) is 23.9 Å². The van der Waals surface area contributed by atoms with Gasteiger partial charge < -0.3 is 15.7 Å². The molecule has 0 radical (unpaired) electrons. The second-order valence-corrected chi connectivity index (χ2v) is 10.7. The molecule has 1 amide bonds. The number of anilines is 1. The molecule has 5 rings (SSSR count). The maximum absolute atomic E-state index is 11.8. The van der Waals surface area contributed by atoms with E-state index >= 15 is 0 Å². The van der Waals surface area contributed by atoms with E-state index < -0.39 is 11.6 Å². The summed E-state index contributed by atoms with van der Waals surface area (Å²) in [5, 5.41) is 22.0. The summed E-state index contributed by atoms with van der Waals surface area (Å²) in [7, 11) is 0. The molecule has 10 heteroatoms. The Morgan fingerprint density at radius 2 is 1.89 bits per heavy atom. The van der Waals surface area contributed by atoms with E-state index in [1.54, 1.807) is 0 Å². The van der Waals surface area contributed by atoms with Crippen molar-refractivity contribution in [3.8, 4) is 0 Å². The molecule has 2 aromatic rings. The van der Waals surface area contributed by atoms with Crippen LogP contribution >= 0.6 is 0 Å². The predicted molar refractivity (Wildman–Crippen MR) is 141 cm³/mol. The minimum Gasteiger partial charge on any atom is -0.481 e. The highest BCUT2D eigenvalue weighted by Crippen LogP contribution is 2.41. The first kappa shape index (κ1) is 25.5. The van der Waals surface area contributed by atoms with Crippen LogP contribution in [0.5, 0.6) is 0 Å². The second kappa shape index (κ2) is 10.3. The fourth-order valence-electron chi connectivity index (χ4n) is 6.02. The van der Waals surface area contributed by atoms with Crippen molar-refractivity contribution in [2.24, 2.45) is 5.92 Å². The van der Waals surface area contributed by atoms with Crippen molar-refractivity contribution in [1.82, 2.24) is 25.6 Å². The van der Waals surface area contributed by atoms with Crippen molar-refractivity contribution in [1.29, 1.82) is 0 Å². The smallest absolute Gasteiger partial charge is 0.306 e. The number of aryl methyl sites for hydroxylation is 2. The number of fused-ring (bicyclic) bond motifs is 1. The van der Waals surface area contributed by atoms with Crippen molar-refractivity contribution >= 4 is 34.3 Å². The summed E-state index contributed by atoms with van der Waals surface area (Å²) in [5.41, 5.74) is 7.34. The van der Waals surface area contributed by atoms with Gasteiger partial charge in [0.2, 0.25) is 5.91 Å². The van der Waals surface area contributed by atoms with Gasteiger partial charge in [-0.3, -0.25) is 19.9 Å². The maximum atomic E-state index is 11.8. The lowest BCUT2D eigenvalue weighted by atomic mass is 9.81. The molecule has 2 aliphatic carbocycles. The Morgan fingerprint density at radius 3 is 2.54 bits per heavy atom. The average Bonchev–Trinajstić information content (AvgIpc) is 3.46. The van der Waals surface area contributed by atoms with E-state index in [0.717, 1.165) is 78.7 Å². The van der Waals surface area contributed by atoms with Crippen LogP contribution in [0, 0.1) is 12.8 Å². The van der Waals surface area contributed by atoms with E-state index in [9.17, 15) is 14.7 Å². The number of aromatic nitrogens is 3. The third kappa shape index (κ3) is 5.03. The fraction of sp³-hybridized carbons (Fsp3) is 0.630. The molecular formula is C27H38N6O4. The summed E-state index contributed by atoms with van der Waals surface area (Å²) in [6.45, 7) is 6.66. The topological polar surface area (TPSA) is 130 Å². The number of pyridine rings is 1. The Morgan fingerprint density at radius 1 is 1.16 bits per heavy atom. The number of carbonyl (C=O) groups is 2. The van der Waals surface area contributed by atoms with Crippen LogP contribution in [0.4, 0.5) is 5.69 Å². The minimum absolute atomic E-state index is 0.0955. The normalized spacial score (nSPS) is 27.6. The SMILES string of the molecule is CCC(=O)NC1CCC2(C=C(c3cnc4c(c(C)nn4CC)c3NC3CCC(C(=O)O)CC3)NO2)CC1. The van der Waals surface area contributed by atoms with Crippen molar-refractivity contribution in [3.05, 3.63) is 23.5 Å². The first-order valence-electron chi connectivity index (χ1n) is 13.6. The summed E-state index contributed by atoms with van der Waals surface area (Å²) >= 11 is 0. The van der Waals surface area contributed by atoms with Gasteiger partial charge in [0, 0.05) is 36.8 Å². The van der Waals surface area contributed by atoms with E-state index in [1.807, 2.05) is 24.7 Å². The fourth-order valence-corrected chi connectivity index (χ4v) is 6.02. The number of carboxylic acids is 1. The van der Waals surface area contributed by atoms with Gasteiger partial charge in [-0.15, -0.1) is 0 Å². The van der Waals surface area contributed by atoms with Gasteiger partial charge in [0.25, 0.3) is 0 Å². The van der Waals surface area contributed by atoms with Crippen LogP contribution in [0.1, 0.15) is 82.9 Å². The van der Waals surface area contributed by atoms with Crippen molar-refractivity contribution in [3.63, 3.8) is 0 Å². The summed E-state index contributed by atoms with van der Waals surface area (Å²) in [6, 6.07) is 0.372. The lowest BCUT2D eigenvalue weighted by Crippen LogP contribution is -2.43. The number of hydrogen-bond acceptors (Lipinski definition) is 7. The quantitative estimate of drug-likeness (QED) is 0.441. The standard InChI is InChI=1S/C27H38N6O4/c1-4-22(34)29-19-10-12-27(13-11-19)14-21(32-37-27)20-15-28-25-23(16(3)31-33(25)5-2)24(20)30-18-8-6-17(7-9-18)26(35)36/h14-15,17-19,32H,4-13H2,1-3H3,(H,28,30)(H,29,34)(H,35,36). The van der Waals surface area contributed by atoms with E-state index in [0.29, 0.717) is 19.3 Å². The van der Waals surface area contributed by atoms with Gasteiger partial charge in [-0.2, -0.15) is 5.10 Å². The third-order valence-electron chi connectivity index (χ3n) is 8.24. The van der Waals surface area contributed by atoms with Gasteiger partial charge in [-0.1, -0.05) is 6.92 Å². The number of carbonyl (C=O) groups excluding carboxylic acids is 1. The molecule has 0 bridgehead atoms. The van der Waals surface area contributed by atoms with Crippen LogP contribution < -0.4 is 16.1 Å². The highest BCUT2D eigenvalue weighted by atomic mass is 16.7. The number of rotatable bonds is 7. The maximum Gasteiger partial charge on any atom is 0.306 e. The van der Waals surface area contributed by atoms with E-state index in [2.05, 4.69) is 29.1 Å². The molecule has 2 aromatic heterocycles. The summed E-state index contributed by atoms with van der Waals surface area (Å²) in [5.74, 6) is -0.861. The van der Waals surface area contributed by atoms with E-state index in [1.165, 1.54) is 0 Å². The number of aliphatic carboxylic acids is 1. The number of nitrogens with zero attached hydrogens (tertiary/aromatic N) is 3. The van der Waals surface area contributed by atoms with Gasteiger partial charge in [0.1, 0.15) is 5.60 Å². The van der Waals surface area contributed by atoms with Crippen molar-refractivity contribution < 1.29 is 19.5 Å². The molecule has 10 nitrogen and oxygen atoms in total. The Balaban J connectivity index is 1.43.